The summed E-state index contributed by atoms with van der Waals surface area (Å²) in [5, 5.41) is 11.9. The van der Waals surface area contributed by atoms with Gasteiger partial charge < -0.3 is 11.2 Å². The molecule has 1 aromatic heterocycles. The number of nitrogens with zero attached hydrogens (tertiary/aromatic N) is 3. The van der Waals surface area contributed by atoms with Crippen LogP contribution in [0.15, 0.2) is 29.4 Å². The van der Waals surface area contributed by atoms with Crippen LogP contribution in [0, 0.1) is 6.92 Å². The lowest BCUT2D eigenvalue weighted by atomic mass is 10.1. The molecule has 3 rings (SSSR count). The maximum absolute atomic E-state index is 12.0. The molecule has 1 saturated carbocycles. The van der Waals surface area contributed by atoms with Crippen molar-refractivity contribution in [2.45, 2.75) is 43.8 Å². The summed E-state index contributed by atoms with van der Waals surface area (Å²) in [4.78, 5) is 12.0. The fraction of sp³-hybridized carbons (Fsp3) is 0.438. The molecule has 6 nitrogen and oxygen atoms in total. The first-order valence-corrected chi connectivity index (χ1v) is 8.82. The Bertz CT molecular complexity index is 694. The van der Waals surface area contributed by atoms with Crippen molar-refractivity contribution in [2.75, 3.05) is 11.6 Å². The summed E-state index contributed by atoms with van der Waals surface area (Å²) in [5.74, 6) is 7.04. The van der Waals surface area contributed by atoms with E-state index in [0.29, 0.717) is 22.8 Å². The van der Waals surface area contributed by atoms with Crippen LogP contribution in [0.25, 0.3) is 11.4 Å². The first-order valence-electron chi connectivity index (χ1n) is 7.84. The predicted octanol–water partition coefficient (Wildman–Crippen LogP) is 2.12. The van der Waals surface area contributed by atoms with Crippen molar-refractivity contribution in [3.8, 4) is 11.4 Å². The predicted molar refractivity (Wildman–Crippen MR) is 91.5 cm³/mol. The van der Waals surface area contributed by atoms with E-state index in [0.717, 1.165) is 24.0 Å². The smallest absolute Gasteiger partial charge is 0.230 e. The summed E-state index contributed by atoms with van der Waals surface area (Å²) in [6.45, 7) is 2.01. The van der Waals surface area contributed by atoms with Gasteiger partial charge in [0.2, 0.25) is 11.1 Å². The Hall–Kier alpha value is -2.02. The summed E-state index contributed by atoms with van der Waals surface area (Å²) in [7, 11) is 0. The standard InChI is InChI=1S/C16H21N5OS/c1-11-6-2-5-9-13(11)15-19-20-16(21(15)17)23-10-14(22)18-12-7-3-4-8-12/h2,5-6,9,12H,3-4,7-8,10,17H2,1H3,(H,18,22). The Kier molecular flexibility index (Phi) is 4.85. The van der Waals surface area contributed by atoms with Crippen molar-refractivity contribution in [3.63, 3.8) is 0 Å². The van der Waals surface area contributed by atoms with Gasteiger partial charge in [-0.15, -0.1) is 10.2 Å². The normalized spacial score (nSPS) is 15.0. The number of nitrogens with two attached hydrogens (primary N) is 1. The van der Waals surface area contributed by atoms with Crippen LogP contribution >= 0.6 is 11.8 Å². The van der Waals surface area contributed by atoms with E-state index in [9.17, 15) is 4.79 Å². The van der Waals surface area contributed by atoms with Gasteiger partial charge in [0.15, 0.2) is 5.82 Å². The molecule has 3 N–H and O–H groups in total. The van der Waals surface area contributed by atoms with Crippen molar-refractivity contribution < 1.29 is 4.79 Å². The van der Waals surface area contributed by atoms with Crippen LogP contribution in [0.3, 0.4) is 0 Å². The van der Waals surface area contributed by atoms with Gasteiger partial charge in [-0.1, -0.05) is 48.9 Å². The molecule has 1 amide bonds. The topological polar surface area (TPSA) is 85.8 Å². The van der Waals surface area contributed by atoms with Crippen LogP contribution in [0.5, 0.6) is 0 Å². The minimum absolute atomic E-state index is 0.0299. The molecule has 1 aromatic carbocycles. The average Bonchev–Trinajstić information content (AvgIpc) is 3.16. The number of aryl methyl sites for hydroxylation is 1. The number of hydrogen-bond acceptors (Lipinski definition) is 5. The molecular weight excluding hydrogens is 310 g/mol. The molecule has 0 atom stereocenters. The zero-order chi connectivity index (χ0) is 16.2. The first kappa shape index (κ1) is 15.9. The molecule has 0 unspecified atom stereocenters. The van der Waals surface area contributed by atoms with Crippen molar-refractivity contribution in [1.82, 2.24) is 20.2 Å². The van der Waals surface area contributed by atoms with Gasteiger partial charge in [-0.25, -0.2) is 4.68 Å². The lowest BCUT2D eigenvalue weighted by Crippen LogP contribution is -2.34. The molecule has 0 bridgehead atoms. The molecule has 1 aliphatic rings. The van der Waals surface area contributed by atoms with Gasteiger partial charge in [-0.05, 0) is 25.3 Å². The zero-order valence-electron chi connectivity index (χ0n) is 13.2. The van der Waals surface area contributed by atoms with E-state index in [1.807, 2.05) is 31.2 Å². The van der Waals surface area contributed by atoms with E-state index in [2.05, 4.69) is 15.5 Å². The van der Waals surface area contributed by atoms with Crippen LogP contribution < -0.4 is 11.2 Å². The van der Waals surface area contributed by atoms with Crippen LogP contribution in [0.1, 0.15) is 31.2 Å². The molecule has 0 saturated heterocycles. The van der Waals surface area contributed by atoms with Crippen molar-refractivity contribution in [2.24, 2.45) is 0 Å². The third kappa shape index (κ3) is 3.67. The second-order valence-electron chi connectivity index (χ2n) is 5.83. The molecule has 0 radical (unpaired) electrons. The van der Waals surface area contributed by atoms with Gasteiger partial charge in [-0.2, -0.15) is 0 Å². The minimum atomic E-state index is 0.0299. The van der Waals surface area contributed by atoms with Crippen LogP contribution in [-0.2, 0) is 4.79 Å². The van der Waals surface area contributed by atoms with Crippen LogP contribution in [0.4, 0.5) is 0 Å². The molecule has 0 spiro atoms. The summed E-state index contributed by atoms with van der Waals surface area (Å²) in [6.07, 6.45) is 4.58. The number of rotatable bonds is 5. The molecule has 1 fully saturated rings. The Morgan fingerprint density at radius 2 is 2.09 bits per heavy atom. The molecular formula is C16H21N5OS. The number of hydrogen-bond donors (Lipinski definition) is 2. The highest BCUT2D eigenvalue weighted by Gasteiger charge is 2.18. The van der Waals surface area contributed by atoms with Crippen molar-refractivity contribution in [3.05, 3.63) is 29.8 Å². The fourth-order valence-corrected chi connectivity index (χ4v) is 3.52. The third-order valence-corrected chi connectivity index (χ3v) is 5.05. The zero-order valence-corrected chi connectivity index (χ0v) is 14.0. The molecule has 0 aliphatic heterocycles. The number of carbonyl (C=O) groups is 1. The van der Waals surface area contributed by atoms with Gasteiger partial charge in [0.1, 0.15) is 0 Å². The third-order valence-electron chi connectivity index (χ3n) is 4.10. The van der Waals surface area contributed by atoms with Gasteiger partial charge in [0.05, 0.1) is 5.75 Å². The summed E-state index contributed by atoms with van der Waals surface area (Å²) in [6, 6.07) is 8.22. The maximum atomic E-state index is 12.0. The van der Waals surface area contributed by atoms with E-state index in [4.69, 9.17) is 5.84 Å². The second kappa shape index (κ2) is 7.04. The van der Waals surface area contributed by atoms with E-state index in [1.165, 1.54) is 29.3 Å². The quantitative estimate of drug-likeness (QED) is 0.647. The summed E-state index contributed by atoms with van der Waals surface area (Å²) >= 11 is 1.31. The second-order valence-corrected chi connectivity index (χ2v) is 6.77. The largest absolute Gasteiger partial charge is 0.353 e. The van der Waals surface area contributed by atoms with Gasteiger partial charge in [0, 0.05) is 11.6 Å². The lowest BCUT2D eigenvalue weighted by Gasteiger charge is -2.11. The minimum Gasteiger partial charge on any atom is -0.353 e. The average molecular weight is 331 g/mol. The Morgan fingerprint density at radius 1 is 1.35 bits per heavy atom. The van der Waals surface area contributed by atoms with E-state index < -0.39 is 0 Å². The number of nitrogens with one attached hydrogen (secondary N) is 1. The molecule has 7 heteroatoms. The van der Waals surface area contributed by atoms with Crippen LogP contribution in [0.2, 0.25) is 0 Å². The maximum Gasteiger partial charge on any atom is 0.230 e. The monoisotopic (exact) mass is 331 g/mol. The highest BCUT2D eigenvalue weighted by molar-refractivity contribution is 7.99. The van der Waals surface area contributed by atoms with Gasteiger partial charge in [0.25, 0.3) is 0 Å². The SMILES string of the molecule is Cc1ccccc1-c1nnc(SCC(=O)NC2CCCC2)n1N. The molecule has 1 heterocycles. The van der Waals surface area contributed by atoms with E-state index in [-0.39, 0.29) is 5.91 Å². The molecule has 122 valence electrons. The number of carbonyl (C=O) groups excluding carboxylic acids is 1. The van der Waals surface area contributed by atoms with E-state index in [1.54, 1.807) is 0 Å². The number of aromatic nitrogens is 3. The van der Waals surface area contributed by atoms with E-state index >= 15 is 0 Å². The number of nitrogen functional groups attached to an aromatic ring is 1. The first-order chi connectivity index (χ1) is 11.1. The number of benzene rings is 1. The lowest BCUT2D eigenvalue weighted by molar-refractivity contribution is -0.119. The molecule has 1 aliphatic carbocycles. The van der Waals surface area contributed by atoms with Gasteiger partial charge >= 0.3 is 0 Å². The Balaban J connectivity index is 1.63. The Labute approximate surface area is 139 Å². The summed E-state index contributed by atoms with van der Waals surface area (Å²) < 4.78 is 1.45. The summed E-state index contributed by atoms with van der Waals surface area (Å²) in [5.41, 5.74) is 2.03. The Morgan fingerprint density at radius 3 is 2.83 bits per heavy atom. The van der Waals surface area contributed by atoms with Crippen LogP contribution in [-0.4, -0.2) is 32.6 Å². The highest BCUT2D eigenvalue weighted by Crippen LogP contribution is 2.24. The van der Waals surface area contributed by atoms with Crippen molar-refractivity contribution >= 4 is 17.7 Å². The van der Waals surface area contributed by atoms with Gasteiger partial charge in [-0.3, -0.25) is 4.79 Å². The van der Waals surface area contributed by atoms with Crippen molar-refractivity contribution in [1.29, 1.82) is 0 Å². The fourth-order valence-electron chi connectivity index (χ4n) is 2.85. The molecule has 23 heavy (non-hydrogen) atoms. The molecule has 2 aromatic rings. The number of thioether (sulfide) groups is 1. The number of amides is 1. The highest BCUT2D eigenvalue weighted by atomic mass is 32.2.